The maximum Gasteiger partial charge on any atom is 0.220 e. The van der Waals surface area contributed by atoms with E-state index in [1.807, 2.05) is 11.3 Å². The third-order valence-corrected chi connectivity index (χ3v) is 8.16. The average molecular weight is 466 g/mol. The molecule has 0 spiro atoms. The normalized spacial score (nSPS) is 13.0. The summed E-state index contributed by atoms with van der Waals surface area (Å²) in [6.45, 7) is 0. The predicted molar refractivity (Wildman–Crippen MR) is 149 cm³/mol. The van der Waals surface area contributed by atoms with Crippen LogP contribution in [0.1, 0.15) is 5.56 Å². The highest BCUT2D eigenvalue weighted by molar-refractivity contribution is 7.26. The van der Waals surface area contributed by atoms with Crippen molar-refractivity contribution in [2.75, 3.05) is 4.90 Å². The van der Waals surface area contributed by atoms with Crippen LogP contribution in [-0.2, 0) is 0 Å². The molecule has 2 aromatic heterocycles. The number of fused-ring (bicyclic) bond motifs is 5. The first-order valence-corrected chi connectivity index (χ1v) is 12.6. The third kappa shape index (κ3) is 2.63. The molecular weight excluding hydrogens is 446 g/mol. The van der Waals surface area contributed by atoms with E-state index in [1.54, 1.807) is 0 Å². The Balaban J connectivity index is 1.44. The van der Waals surface area contributed by atoms with Gasteiger partial charge in [0.25, 0.3) is 0 Å². The van der Waals surface area contributed by atoms with Crippen LogP contribution in [0.2, 0.25) is 0 Å². The minimum atomic E-state index is 0.892. The molecule has 0 aliphatic carbocycles. The maximum absolute atomic E-state index is 5.11. The lowest BCUT2D eigenvalue weighted by atomic mass is 9.97. The molecule has 0 fully saturated rings. The number of nitrogens with zero attached hydrogens (tertiary/aromatic N) is 3. The molecule has 0 unspecified atom stereocenters. The molecule has 0 atom stereocenters. The van der Waals surface area contributed by atoms with Crippen molar-refractivity contribution < 1.29 is 0 Å². The highest BCUT2D eigenvalue weighted by Crippen LogP contribution is 2.46. The molecule has 0 bridgehead atoms. The van der Waals surface area contributed by atoms with E-state index in [1.165, 1.54) is 36.5 Å². The molecule has 164 valence electrons. The smallest absolute Gasteiger partial charge is 0.220 e. The van der Waals surface area contributed by atoms with Gasteiger partial charge in [-0.05, 0) is 54.1 Å². The van der Waals surface area contributed by atoms with Crippen molar-refractivity contribution >= 4 is 71.0 Å². The van der Waals surface area contributed by atoms with Crippen molar-refractivity contribution in [3.8, 4) is 5.69 Å². The molecule has 0 saturated carbocycles. The van der Waals surface area contributed by atoms with Gasteiger partial charge in [-0.1, -0.05) is 60.7 Å². The Morgan fingerprint density at radius 2 is 1.49 bits per heavy atom. The topological polar surface area (TPSA) is 21.1 Å². The van der Waals surface area contributed by atoms with E-state index in [0.29, 0.717) is 0 Å². The molecule has 0 amide bonds. The summed E-state index contributed by atoms with van der Waals surface area (Å²) >= 11 is 1.88. The summed E-state index contributed by atoms with van der Waals surface area (Å²) in [7, 11) is 0. The number of aromatic nitrogens is 2. The molecule has 4 heteroatoms. The van der Waals surface area contributed by atoms with Crippen LogP contribution in [0, 0.1) is 0 Å². The minimum absolute atomic E-state index is 0.892. The number of thiophene rings is 1. The van der Waals surface area contributed by atoms with Crippen molar-refractivity contribution in [1.29, 1.82) is 0 Å². The standard InChI is InChI=1S/C31H19N3S/c1-2-9-21(10-3-1)34-26-14-6-5-13-25(26)32-31(34)33-18-17-20-19-24-22-11-4-7-16-28(22)35-30(24)23-12-8-15-27(33)29(20)23/h1-19H. The third-order valence-electron chi connectivity index (χ3n) is 6.95. The fourth-order valence-electron chi connectivity index (χ4n) is 5.42. The SMILES string of the molecule is C1=CN(c2nc3ccccc3n2-c2ccccc2)c2cccc3c2c1cc1c2ccccc2sc31. The molecule has 0 N–H and O–H groups in total. The number of hydrogen-bond acceptors (Lipinski definition) is 3. The number of benzene rings is 5. The Hall–Kier alpha value is -4.41. The van der Waals surface area contributed by atoms with E-state index < -0.39 is 0 Å². The van der Waals surface area contributed by atoms with Crippen LogP contribution >= 0.6 is 11.3 Å². The van der Waals surface area contributed by atoms with Crippen LogP contribution in [0.5, 0.6) is 0 Å². The lowest BCUT2D eigenvalue weighted by molar-refractivity contribution is 1.03. The Kier molecular flexibility index (Phi) is 3.82. The van der Waals surface area contributed by atoms with E-state index in [9.17, 15) is 0 Å². The summed E-state index contributed by atoms with van der Waals surface area (Å²) < 4.78 is 4.93. The lowest BCUT2D eigenvalue weighted by Crippen LogP contribution is -2.16. The highest BCUT2D eigenvalue weighted by atomic mass is 32.1. The Labute approximate surface area is 205 Å². The van der Waals surface area contributed by atoms with Gasteiger partial charge < -0.3 is 0 Å². The van der Waals surface area contributed by atoms with Crippen LogP contribution in [0.3, 0.4) is 0 Å². The second-order valence-corrected chi connectivity index (χ2v) is 9.95. The second-order valence-electron chi connectivity index (χ2n) is 8.90. The zero-order valence-corrected chi connectivity index (χ0v) is 19.5. The van der Waals surface area contributed by atoms with Crippen molar-refractivity contribution in [3.05, 3.63) is 115 Å². The first-order valence-electron chi connectivity index (χ1n) is 11.7. The minimum Gasteiger partial charge on any atom is -0.286 e. The zero-order valence-electron chi connectivity index (χ0n) is 18.7. The van der Waals surface area contributed by atoms with Gasteiger partial charge in [0.1, 0.15) is 0 Å². The van der Waals surface area contributed by atoms with E-state index >= 15 is 0 Å². The van der Waals surface area contributed by atoms with E-state index in [0.717, 1.165) is 28.4 Å². The summed E-state index contributed by atoms with van der Waals surface area (Å²) in [4.78, 5) is 7.35. The second kappa shape index (κ2) is 7.05. The zero-order chi connectivity index (χ0) is 22.9. The molecule has 1 aliphatic heterocycles. The van der Waals surface area contributed by atoms with Gasteiger partial charge in [0.15, 0.2) is 0 Å². The molecule has 3 heterocycles. The van der Waals surface area contributed by atoms with Crippen LogP contribution in [0.25, 0.3) is 53.7 Å². The molecule has 7 aromatic rings. The van der Waals surface area contributed by atoms with Crippen molar-refractivity contribution in [2.24, 2.45) is 0 Å². The largest absolute Gasteiger partial charge is 0.286 e. The molecule has 8 rings (SSSR count). The molecule has 5 aromatic carbocycles. The molecule has 0 radical (unpaired) electrons. The van der Waals surface area contributed by atoms with Crippen molar-refractivity contribution in [3.63, 3.8) is 0 Å². The van der Waals surface area contributed by atoms with Gasteiger partial charge in [0, 0.05) is 42.8 Å². The summed E-state index contributed by atoms with van der Waals surface area (Å²) in [5, 5.41) is 5.24. The molecule has 35 heavy (non-hydrogen) atoms. The molecule has 3 nitrogen and oxygen atoms in total. The number of para-hydroxylation sites is 3. The van der Waals surface area contributed by atoms with Gasteiger partial charge in [-0.25, -0.2) is 4.98 Å². The van der Waals surface area contributed by atoms with Gasteiger partial charge >= 0.3 is 0 Å². The number of anilines is 2. The van der Waals surface area contributed by atoms with Crippen LogP contribution < -0.4 is 4.90 Å². The molecular formula is C31H19N3S. The van der Waals surface area contributed by atoms with Gasteiger partial charge in [0.05, 0.1) is 16.7 Å². The fraction of sp³-hybridized carbons (Fsp3) is 0. The summed E-state index contributed by atoms with van der Waals surface area (Å²) in [5.74, 6) is 0.892. The Morgan fingerprint density at radius 1 is 0.686 bits per heavy atom. The Bertz CT molecular complexity index is 1960. The van der Waals surface area contributed by atoms with E-state index in [4.69, 9.17) is 4.98 Å². The quantitative estimate of drug-likeness (QED) is 0.255. The van der Waals surface area contributed by atoms with Gasteiger partial charge in [0.2, 0.25) is 5.95 Å². The van der Waals surface area contributed by atoms with Crippen molar-refractivity contribution in [2.45, 2.75) is 0 Å². The van der Waals surface area contributed by atoms with E-state index in [-0.39, 0.29) is 0 Å². The summed E-state index contributed by atoms with van der Waals surface area (Å²) in [6, 6.07) is 36.6. The van der Waals surface area contributed by atoms with Crippen LogP contribution in [-0.4, -0.2) is 9.55 Å². The maximum atomic E-state index is 5.11. The van der Waals surface area contributed by atoms with Gasteiger partial charge in [-0.2, -0.15) is 0 Å². The fourth-order valence-corrected chi connectivity index (χ4v) is 6.63. The van der Waals surface area contributed by atoms with E-state index in [2.05, 4.69) is 125 Å². The predicted octanol–water partition coefficient (Wildman–Crippen LogP) is 8.67. The summed E-state index contributed by atoms with van der Waals surface area (Å²) in [6.07, 6.45) is 4.40. The molecule has 0 saturated heterocycles. The Morgan fingerprint density at radius 3 is 2.43 bits per heavy atom. The average Bonchev–Trinajstić information content (AvgIpc) is 3.48. The van der Waals surface area contributed by atoms with Crippen LogP contribution in [0.15, 0.2) is 109 Å². The molecule has 1 aliphatic rings. The van der Waals surface area contributed by atoms with Crippen LogP contribution in [0.4, 0.5) is 11.6 Å². The summed E-state index contributed by atoms with van der Waals surface area (Å²) in [5.41, 5.74) is 5.59. The van der Waals surface area contributed by atoms with Gasteiger partial charge in [-0.3, -0.25) is 9.47 Å². The lowest BCUT2D eigenvalue weighted by Gasteiger charge is -2.26. The van der Waals surface area contributed by atoms with Crippen molar-refractivity contribution in [1.82, 2.24) is 9.55 Å². The monoisotopic (exact) mass is 465 g/mol. The highest BCUT2D eigenvalue weighted by Gasteiger charge is 2.24. The number of rotatable bonds is 2. The first-order chi connectivity index (χ1) is 17.4. The number of imidazole rings is 1. The number of hydrogen-bond donors (Lipinski definition) is 0. The first kappa shape index (κ1) is 19.0. The van der Waals surface area contributed by atoms with Gasteiger partial charge in [-0.15, -0.1) is 11.3 Å².